The van der Waals surface area contributed by atoms with E-state index < -0.39 is 5.97 Å². The molecule has 1 N–H and O–H groups in total. The van der Waals surface area contributed by atoms with Gasteiger partial charge in [-0.2, -0.15) is 0 Å². The number of amides is 1. The molecule has 0 fully saturated rings. The zero-order valence-electron chi connectivity index (χ0n) is 17.7. The third-order valence-corrected chi connectivity index (χ3v) is 4.41. The molecule has 31 heavy (non-hydrogen) atoms. The highest BCUT2D eigenvalue weighted by molar-refractivity contribution is 5.88. The molecule has 2 aromatic carbocycles. The maximum atomic E-state index is 12.1. The van der Waals surface area contributed by atoms with E-state index in [-0.39, 0.29) is 12.5 Å². The average molecular weight is 416 g/mol. The molecule has 3 aromatic rings. The Labute approximate surface area is 181 Å². The normalized spacial score (nSPS) is 10.7. The molecular weight excluding hydrogens is 392 g/mol. The number of pyridine rings is 1. The van der Waals surface area contributed by atoms with Crippen molar-refractivity contribution in [3.8, 4) is 11.5 Å². The number of nitrogens with one attached hydrogen (secondary N) is 1. The first-order chi connectivity index (χ1) is 14.9. The van der Waals surface area contributed by atoms with Gasteiger partial charge in [0.05, 0.1) is 0 Å². The number of ether oxygens (including phenoxy) is 2. The van der Waals surface area contributed by atoms with Gasteiger partial charge in [0.1, 0.15) is 17.3 Å². The SMILES string of the molecule is CC(=O)Nc1cc(/C=C/c2ccc(OC(=O)COc3c(C)cccc3C)cc2)ccn1. The number of esters is 1. The Kier molecular flexibility index (Phi) is 7.17. The first-order valence-corrected chi connectivity index (χ1v) is 9.82. The number of aryl methyl sites for hydroxylation is 2. The summed E-state index contributed by atoms with van der Waals surface area (Å²) < 4.78 is 11.0. The summed E-state index contributed by atoms with van der Waals surface area (Å²) in [5, 5.41) is 2.65. The monoisotopic (exact) mass is 416 g/mol. The minimum absolute atomic E-state index is 0.161. The second-order valence-electron chi connectivity index (χ2n) is 7.04. The molecule has 0 atom stereocenters. The van der Waals surface area contributed by atoms with Crippen molar-refractivity contribution >= 4 is 29.8 Å². The molecule has 1 heterocycles. The van der Waals surface area contributed by atoms with E-state index in [1.165, 1.54) is 6.92 Å². The number of hydrogen-bond acceptors (Lipinski definition) is 5. The van der Waals surface area contributed by atoms with Gasteiger partial charge in [-0.1, -0.05) is 42.5 Å². The highest BCUT2D eigenvalue weighted by Gasteiger charge is 2.09. The van der Waals surface area contributed by atoms with E-state index in [1.807, 2.05) is 62.4 Å². The predicted molar refractivity (Wildman–Crippen MR) is 121 cm³/mol. The number of carbonyl (C=O) groups is 2. The lowest BCUT2D eigenvalue weighted by Gasteiger charge is -2.11. The summed E-state index contributed by atoms with van der Waals surface area (Å²) in [5.74, 6) is 1.02. The molecule has 0 aliphatic rings. The second kappa shape index (κ2) is 10.2. The Morgan fingerprint density at radius 1 is 0.968 bits per heavy atom. The quantitative estimate of drug-likeness (QED) is 0.442. The lowest BCUT2D eigenvalue weighted by atomic mass is 10.1. The molecule has 3 rings (SSSR count). The van der Waals surface area contributed by atoms with Gasteiger partial charge < -0.3 is 14.8 Å². The fraction of sp³-hybridized carbons (Fsp3) is 0.160. The molecular formula is C25H24N2O4. The fourth-order valence-electron chi connectivity index (χ4n) is 2.96. The smallest absolute Gasteiger partial charge is 0.349 e. The van der Waals surface area contributed by atoms with E-state index in [0.29, 0.717) is 17.3 Å². The van der Waals surface area contributed by atoms with Gasteiger partial charge in [0.25, 0.3) is 0 Å². The Hall–Kier alpha value is -3.93. The van der Waals surface area contributed by atoms with Crippen molar-refractivity contribution < 1.29 is 19.1 Å². The van der Waals surface area contributed by atoms with Gasteiger partial charge in [-0.05, 0) is 60.4 Å². The van der Waals surface area contributed by atoms with E-state index in [0.717, 1.165) is 22.3 Å². The number of anilines is 1. The summed E-state index contributed by atoms with van der Waals surface area (Å²) in [6.45, 7) is 5.15. The van der Waals surface area contributed by atoms with Crippen LogP contribution in [0.2, 0.25) is 0 Å². The van der Waals surface area contributed by atoms with Gasteiger partial charge in [0.2, 0.25) is 5.91 Å². The molecule has 1 amide bonds. The average Bonchev–Trinajstić information content (AvgIpc) is 2.73. The van der Waals surface area contributed by atoms with Crippen LogP contribution in [0.25, 0.3) is 12.2 Å². The van der Waals surface area contributed by atoms with Crippen LogP contribution < -0.4 is 14.8 Å². The number of nitrogens with zero attached hydrogens (tertiary/aromatic N) is 1. The number of rotatable bonds is 7. The van der Waals surface area contributed by atoms with E-state index in [9.17, 15) is 9.59 Å². The van der Waals surface area contributed by atoms with Crippen molar-refractivity contribution in [3.05, 3.63) is 83.0 Å². The molecule has 0 aliphatic carbocycles. The summed E-state index contributed by atoms with van der Waals surface area (Å²) in [7, 11) is 0. The summed E-state index contributed by atoms with van der Waals surface area (Å²) in [5.41, 5.74) is 3.78. The van der Waals surface area contributed by atoms with Crippen LogP contribution >= 0.6 is 0 Å². The van der Waals surface area contributed by atoms with Crippen molar-refractivity contribution in [1.29, 1.82) is 0 Å². The zero-order valence-corrected chi connectivity index (χ0v) is 17.7. The molecule has 0 spiro atoms. The number of para-hydroxylation sites is 1. The van der Waals surface area contributed by atoms with E-state index in [2.05, 4.69) is 10.3 Å². The Morgan fingerprint density at radius 2 is 1.65 bits per heavy atom. The van der Waals surface area contributed by atoms with Gasteiger partial charge in [0.15, 0.2) is 6.61 Å². The lowest BCUT2D eigenvalue weighted by Crippen LogP contribution is -2.18. The first-order valence-electron chi connectivity index (χ1n) is 9.82. The van der Waals surface area contributed by atoms with Crippen LogP contribution in [-0.2, 0) is 9.59 Å². The Balaban J connectivity index is 1.56. The molecule has 158 valence electrons. The molecule has 1 aromatic heterocycles. The number of carbonyl (C=O) groups excluding carboxylic acids is 2. The zero-order chi connectivity index (χ0) is 22.2. The van der Waals surface area contributed by atoms with Gasteiger partial charge >= 0.3 is 5.97 Å². The molecule has 0 bridgehead atoms. The molecule has 0 saturated heterocycles. The van der Waals surface area contributed by atoms with Gasteiger partial charge in [-0.15, -0.1) is 0 Å². The summed E-state index contributed by atoms with van der Waals surface area (Å²) in [6, 6.07) is 16.6. The van der Waals surface area contributed by atoms with Crippen LogP contribution in [0.5, 0.6) is 11.5 Å². The van der Waals surface area contributed by atoms with Crippen LogP contribution in [0.4, 0.5) is 5.82 Å². The van der Waals surface area contributed by atoms with Gasteiger partial charge in [0, 0.05) is 13.1 Å². The maximum absolute atomic E-state index is 12.1. The minimum atomic E-state index is -0.465. The highest BCUT2D eigenvalue weighted by atomic mass is 16.6. The number of hydrogen-bond donors (Lipinski definition) is 1. The minimum Gasteiger partial charge on any atom is -0.481 e. The lowest BCUT2D eigenvalue weighted by molar-refractivity contribution is -0.136. The van der Waals surface area contributed by atoms with Crippen LogP contribution in [0.1, 0.15) is 29.2 Å². The first kappa shape index (κ1) is 21.8. The van der Waals surface area contributed by atoms with Crippen molar-refractivity contribution in [1.82, 2.24) is 4.98 Å². The van der Waals surface area contributed by atoms with Crippen LogP contribution in [0.15, 0.2) is 60.8 Å². The van der Waals surface area contributed by atoms with Gasteiger partial charge in [-0.3, -0.25) is 4.79 Å². The standard InChI is InChI=1S/C25H24N2O4/c1-17-5-4-6-18(2)25(17)30-16-24(29)31-22-11-9-20(10-12-22)7-8-21-13-14-26-23(15-21)27-19(3)28/h4-15H,16H2,1-3H3,(H,26,27,28)/b8-7+. The van der Waals surface area contributed by atoms with E-state index >= 15 is 0 Å². The predicted octanol–water partition coefficient (Wildman–Crippen LogP) is 4.81. The molecule has 6 nitrogen and oxygen atoms in total. The van der Waals surface area contributed by atoms with Crippen molar-refractivity contribution in [2.24, 2.45) is 0 Å². The Morgan fingerprint density at radius 3 is 2.32 bits per heavy atom. The van der Waals surface area contributed by atoms with Crippen LogP contribution in [-0.4, -0.2) is 23.5 Å². The largest absolute Gasteiger partial charge is 0.481 e. The van der Waals surface area contributed by atoms with E-state index in [4.69, 9.17) is 9.47 Å². The fourth-order valence-corrected chi connectivity index (χ4v) is 2.96. The summed E-state index contributed by atoms with van der Waals surface area (Å²) >= 11 is 0. The van der Waals surface area contributed by atoms with Crippen LogP contribution in [0, 0.1) is 13.8 Å². The third kappa shape index (κ3) is 6.54. The van der Waals surface area contributed by atoms with Crippen molar-refractivity contribution in [2.75, 3.05) is 11.9 Å². The number of benzene rings is 2. The second-order valence-corrected chi connectivity index (χ2v) is 7.04. The van der Waals surface area contributed by atoms with Crippen molar-refractivity contribution in [2.45, 2.75) is 20.8 Å². The molecule has 0 unspecified atom stereocenters. The molecule has 0 saturated carbocycles. The summed E-state index contributed by atoms with van der Waals surface area (Å²) in [4.78, 5) is 27.4. The summed E-state index contributed by atoms with van der Waals surface area (Å²) in [6.07, 6.45) is 5.46. The maximum Gasteiger partial charge on any atom is 0.349 e. The van der Waals surface area contributed by atoms with E-state index in [1.54, 1.807) is 24.4 Å². The molecule has 0 radical (unpaired) electrons. The highest BCUT2D eigenvalue weighted by Crippen LogP contribution is 2.22. The Bertz CT molecular complexity index is 1080. The topological polar surface area (TPSA) is 77.5 Å². The number of aromatic nitrogens is 1. The van der Waals surface area contributed by atoms with Crippen LogP contribution in [0.3, 0.4) is 0 Å². The van der Waals surface area contributed by atoms with Crippen molar-refractivity contribution in [3.63, 3.8) is 0 Å². The third-order valence-electron chi connectivity index (χ3n) is 4.41. The van der Waals surface area contributed by atoms with Gasteiger partial charge in [-0.25, -0.2) is 9.78 Å². The molecule has 0 aliphatic heterocycles. The molecule has 6 heteroatoms.